The number of alkyl halides is 3. The van der Waals surface area contributed by atoms with Crippen LogP contribution in [0.15, 0.2) is 16.7 Å². The van der Waals surface area contributed by atoms with Crippen LogP contribution in [0.4, 0.5) is 13.2 Å². The van der Waals surface area contributed by atoms with Gasteiger partial charge in [0.25, 0.3) is 0 Å². The number of halogens is 3. The number of rotatable bonds is 2. The van der Waals surface area contributed by atoms with Crippen molar-refractivity contribution in [3.8, 4) is 0 Å². The molecule has 5 heteroatoms. The molecule has 0 fully saturated rings. The van der Waals surface area contributed by atoms with Gasteiger partial charge in [-0.1, -0.05) is 13.8 Å². The quantitative estimate of drug-likeness (QED) is 0.809. The van der Waals surface area contributed by atoms with Gasteiger partial charge in [0.2, 0.25) is 5.76 Å². The molecular weight excluding hydrogens is 195 g/mol. The van der Waals surface area contributed by atoms with Gasteiger partial charge in [0.15, 0.2) is 0 Å². The molecule has 1 heterocycles. The molecule has 2 nitrogen and oxygen atoms in total. The Morgan fingerprint density at radius 1 is 1.36 bits per heavy atom. The summed E-state index contributed by atoms with van der Waals surface area (Å²) in [5.41, 5.74) is 5.64. The summed E-state index contributed by atoms with van der Waals surface area (Å²) in [6.45, 7) is 3.52. The third-order valence-electron chi connectivity index (χ3n) is 2.03. The van der Waals surface area contributed by atoms with E-state index >= 15 is 0 Å². The molecule has 0 saturated heterocycles. The topological polar surface area (TPSA) is 39.2 Å². The van der Waals surface area contributed by atoms with Gasteiger partial charge in [0.05, 0.1) is 6.26 Å². The second kappa shape index (κ2) is 3.65. The molecule has 0 radical (unpaired) electrons. The van der Waals surface area contributed by atoms with Gasteiger partial charge < -0.3 is 10.2 Å². The molecule has 80 valence electrons. The summed E-state index contributed by atoms with van der Waals surface area (Å²) in [4.78, 5) is 0. The molecule has 0 unspecified atom stereocenters. The molecule has 0 saturated carbocycles. The first-order valence-electron chi connectivity index (χ1n) is 4.24. The van der Waals surface area contributed by atoms with Crippen LogP contribution in [-0.2, 0) is 6.18 Å². The van der Waals surface area contributed by atoms with Crippen molar-refractivity contribution in [2.45, 2.75) is 26.1 Å². The first-order chi connectivity index (χ1) is 6.34. The van der Waals surface area contributed by atoms with Gasteiger partial charge in [-0.15, -0.1) is 0 Å². The predicted molar refractivity (Wildman–Crippen MR) is 45.5 cm³/mol. The van der Waals surface area contributed by atoms with Crippen molar-refractivity contribution in [1.82, 2.24) is 0 Å². The van der Waals surface area contributed by atoms with E-state index in [4.69, 9.17) is 5.73 Å². The van der Waals surface area contributed by atoms with E-state index in [0.717, 1.165) is 6.26 Å². The fourth-order valence-electron chi connectivity index (χ4n) is 1.17. The summed E-state index contributed by atoms with van der Waals surface area (Å²) in [7, 11) is 0. The van der Waals surface area contributed by atoms with Crippen molar-refractivity contribution >= 4 is 0 Å². The van der Waals surface area contributed by atoms with Crippen LogP contribution in [0.2, 0.25) is 0 Å². The van der Waals surface area contributed by atoms with Crippen molar-refractivity contribution in [3.05, 3.63) is 23.7 Å². The van der Waals surface area contributed by atoms with E-state index in [0.29, 0.717) is 0 Å². The average molecular weight is 207 g/mol. The monoisotopic (exact) mass is 207 g/mol. The minimum Gasteiger partial charge on any atom is -0.459 e. The lowest BCUT2D eigenvalue weighted by molar-refractivity contribution is -0.154. The van der Waals surface area contributed by atoms with E-state index in [9.17, 15) is 13.2 Å². The van der Waals surface area contributed by atoms with Gasteiger partial charge in [-0.05, 0) is 12.0 Å². The van der Waals surface area contributed by atoms with Crippen LogP contribution < -0.4 is 5.73 Å². The predicted octanol–water partition coefficient (Wildman–Crippen LogP) is 2.95. The lowest BCUT2D eigenvalue weighted by Crippen LogP contribution is -2.20. The summed E-state index contributed by atoms with van der Waals surface area (Å²) >= 11 is 0. The maximum atomic E-state index is 12.4. The molecule has 0 spiro atoms. The van der Waals surface area contributed by atoms with Crippen molar-refractivity contribution in [2.24, 2.45) is 11.7 Å². The van der Waals surface area contributed by atoms with Gasteiger partial charge in [0.1, 0.15) is 0 Å². The Morgan fingerprint density at radius 3 is 2.36 bits per heavy atom. The first-order valence-corrected chi connectivity index (χ1v) is 4.24. The van der Waals surface area contributed by atoms with E-state index in [-0.39, 0.29) is 11.5 Å². The van der Waals surface area contributed by atoms with Crippen LogP contribution in [0.1, 0.15) is 31.2 Å². The van der Waals surface area contributed by atoms with Crippen LogP contribution in [-0.4, -0.2) is 0 Å². The Labute approximate surface area is 79.9 Å². The zero-order chi connectivity index (χ0) is 10.9. The molecule has 1 rings (SSSR count). The molecule has 0 aliphatic heterocycles. The highest BCUT2D eigenvalue weighted by Gasteiger charge is 2.38. The van der Waals surface area contributed by atoms with Gasteiger partial charge in [-0.2, -0.15) is 13.2 Å². The number of nitrogens with two attached hydrogens (primary N) is 1. The van der Waals surface area contributed by atoms with Crippen molar-refractivity contribution < 1.29 is 17.6 Å². The third kappa shape index (κ3) is 2.09. The molecule has 1 aromatic heterocycles. The van der Waals surface area contributed by atoms with E-state index in [1.807, 2.05) is 0 Å². The Kier molecular flexibility index (Phi) is 2.89. The van der Waals surface area contributed by atoms with Crippen LogP contribution in [0.5, 0.6) is 0 Å². The molecule has 0 amide bonds. The fourth-order valence-corrected chi connectivity index (χ4v) is 1.17. The average Bonchev–Trinajstić information content (AvgIpc) is 2.48. The van der Waals surface area contributed by atoms with E-state index < -0.39 is 18.0 Å². The SMILES string of the molecule is CC(C)[C@@H](N)c1ccoc1C(F)(F)F. The highest BCUT2D eigenvalue weighted by Crippen LogP contribution is 2.36. The maximum absolute atomic E-state index is 12.4. The number of hydrogen-bond acceptors (Lipinski definition) is 2. The Morgan fingerprint density at radius 2 is 1.93 bits per heavy atom. The van der Waals surface area contributed by atoms with Crippen LogP contribution >= 0.6 is 0 Å². The maximum Gasteiger partial charge on any atom is 0.449 e. The third-order valence-corrected chi connectivity index (χ3v) is 2.03. The van der Waals surface area contributed by atoms with Crippen molar-refractivity contribution in [2.75, 3.05) is 0 Å². The summed E-state index contributed by atoms with van der Waals surface area (Å²) in [5, 5.41) is 0. The van der Waals surface area contributed by atoms with E-state index in [1.165, 1.54) is 6.07 Å². The summed E-state index contributed by atoms with van der Waals surface area (Å²) < 4.78 is 41.5. The highest BCUT2D eigenvalue weighted by atomic mass is 19.4. The summed E-state index contributed by atoms with van der Waals surface area (Å²) in [5.74, 6) is -1.05. The smallest absolute Gasteiger partial charge is 0.449 e. The molecule has 1 atom stereocenters. The Balaban J connectivity index is 3.05. The van der Waals surface area contributed by atoms with Crippen molar-refractivity contribution in [3.63, 3.8) is 0 Å². The van der Waals surface area contributed by atoms with Crippen LogP contribution in [0.3, 0.4) is 0 Å². The zero-order valence-corrected chi connectivity index (χ0v) is 7.93. The Hall–Kier alpha value is -0.970. The summed E-state index contributed by atoms with van der Waals surface area (Å²) in [6, 6.07) is 0.624. The minimum absolute atomic E-state index is 0.0208. The zero-order valence-electron chi connectivity index (χ0n) is 7.93. The molecule has 0 aliphatic carbocycles. The minimum atomic E-state index is -4.47. The lowest BCUT2D eigenvalue weighted by atomic mass is 9.97. The molecule has 14 heavy (non-hydrogen) atoms. The largest absolute Gasteiger partial charge is 0.459 e. The molecule has 0 bridgehead atoms. The van der Waals surface area contributed by atoms with Crippen LogP contribution in [0.25, 0.3) is 0 Å². The van der Waals surface area contributed by atoms with Gasteiger partial charge in [-0.3, -0.25) is 0 Å². The molecule has 0 aromatic carbocycles. The Bertz CT molecular complexity index is 303. The highest BCUT2D eigenvalue weighted by molar-refractivity contribution is 5.23. The first kappa shape index (κ1) is 11.1. The van der Waals surface area contributed by atoms with E-state index in [1.54, 1.807) is 13.8 Å². The number of hydrogen-bond donors (Lipinski definition) is 1. The van der Waals surface area contributed by atoms with Gasteiger partial charge in [-0.25, -0.2) is 0 Å². The normalized spacial score (nSPS) is 14.8. The molecular formula is C9H12F3NO. The molecule has 1 aromatic rings. The van der Waals surface area contributed by atoms with Crippen LogP contribution in [0, 0.1) is 5.92 Å². The molecule has 0 aliphatic rings. The lowest BCUT2D eigenvalue weighted by Gasteiger charge is -2.16. The van der Waals surface area contributed by atoms with Crippen molar-refractivity contribution in [1.29, 1.82) is 0 Å². The van der Waals surface area contributed by atoms with Gasteiger partial charge in [0, 0.05) is 11.6 Å². The molecule has 2 N–H and O–H groups in total. The second-order valence-electron chi connectivity index (χ2n) is 3.47. The van der Waals surface area contributed by atoms with Gasteiger partial charge >= 0.3 is 6.18 Å². The second-order valence-corrected chi connectivity index (χ2v) is 3.47. The van der Waals surface area contributed by atoms with E-state index in [2.05, 4.69) is 4.42 Å². The standard InChI is InChI=1S/C9H12F3NO/c1-5(2)7(13)6-3-4-14-8(6)9(10,11)12/h3-5,7H,13H2,1-2H3/t7-/m1/s1. The fraction of sp³-hybridized carbons (Fsp3) is 0.556. The summed E-state index contributed by atoms with van der Waals surface area (Å²) in [6.07, 6.45) is -3.45. The number of furan rings is 1.